The second-order valence-electron chi connectivity index (χ2n) is 5.48. The Bertz CT molecular complexity index is 522. The van der Waals surface area contributed by atoms with Crippen molar-refractivity contribution in [1.82, 2.24) is 0 Å². The number of methoxy groups -OCH3 is 1. The van der Waals surface area contributed by atoms with E-state index in [1.54, 1.807) is 20.8 Å². The fourth-order valence-corrected chi connectivity index (χ4v) is 1.83. The lowest BCUT2D eigenvalue weighted by molar-refractivity contribution is -0.149. The van der Waals surface area contributed by atoms with E-state index >= 15 is 0 Å². The first-order valence-electron chi connectivity index (χ1n) is 6.04. The second-order valence-corrected chi connectivity index (χ2v) is 5.48. The Labute approximate surface area is 116 Å². The van der Waals surface area contributed by atoms with Crippen LogP contribution in [0.3, 0.4) is 0 Å². The zero-order valence-electron chi connectivity index (χ0n) is 11.9. The van der Waals surface area contributed by atoms with Crippen LogP contribution < -0.4 is 10.1 Å². The third kappa shape index (κ3) is 3.69. The lowest BCUT2D eigenvalue weighted by atomic mass is 9.80. The molecule has 5 nitrogen and oxygen atoms in total. The molecule has 0 aliphatic rings. The number of halogens is 1. The maximum absolute atomic E-state index is 13.3. The summed E-state index contributed by atoms with van der Waals surface area (Å²) in [6, 6.07) is 3.79. The molecule has 0 saturated carbocycles. The quantitative estimate of drug-likeness (QED) is 0.832. The molecule has 0 aliphatic heterocycles. The Kier molecular flexibility index (Phi) is 4.70. The molecular formula is C14H18FNO4. The van der Waals surface area contributed by atoms with Crippen LogP contribution in [0.15, 0.2) is 18.2 Å². The molecule has 1 aromatic rings. The first-order valence-corrected chi connectivity index (χ1v) is 6.04. The molecule has 0 spiro atoms. The first kappa shape index (κ1) is 15.9. The van der Waals surface area contributed by atoms with Gasteiger partial charge < -0.3 is 15.2 Å². The molecule has 2 N–H and O–H groups in total. The van der Waals surface area contributed by atoms with Gasteiger partial charge in [-0.25, -0.2) is 4.39 Å². The number of hydrogen-bond donors (Lipinski definition) is 2. The molecule has 1 rings (SSSR count). The highest BCUT2D eigenvalue weighted by Gasteiger charge is 2.37. The third-order valence-electron chi connectivity index (χ3n) is 2.79. The van der Waals surface area contributed by atoms with Crippen molar-refractivity contribution in [2.75, 3.05) is 12.4 Å². The summed E-state index contributed by atoms with van der Waals surface area (Å²) < 4.78 is 18.1. The number of carbonyl (C=O) groups is 2. The van der Waals surface area contributed by atoms with Crippen LogP contribution in [0.1, 0.15) is 20.8 Å². The van der Waals surface area contributed by atoms with Gasteiger partial charge in [0.1, 0.15) is 5.92 Å². The van der Waals surface area contributed by atoms with Gasteiger partial charge in [-0.15, -0.1) is 0 Å². The van der Waals surface area contributed by atoms with Gasteiger partial charge in [0.2, 0.25) is 5.91 Å². The first-order chi connectivity index (χ1) is 9.16. The number of aliphatic carboxylic acids is 1. The molecule has 1 amide bonds. The number of carboxylic acids is 1. The predicted octanol–water partition coefficient (Wildman–Crippen LogP) is 2.52. The molecule has 0 aliphatic carbocycles. The van der Waals surface area contributed by atoms with Crippen molar-refractivity contribution < 1.29 is 23.8 Å². The van der Waals surface area contributed by atoms with E-state index in [-0.39, 0.29) is 11.4 Å². The number of hydrogen-bond acceptors (Lipinski definition) is 3. The Morgan fingerprint density at radius 3 is 2.40 bits per heavy atom. The minimum absolute atomic E-state index is 0.0227. The van der Waals surface area contributed by atoms with Gasteiger partial charge in [0.15, 0.2) is 11.6 Å². The normalized spacial score (nSPS) is 12.7. The molecule has 1 atom stereocenters. The summed E-state index contributed by atoms with van der Waals surface area (Å²) in [5.41, 5.74) is -0.455. The topological polar surface area (TPSA) is 75.6 Å². The van der Waals surface area contributed by atoms with Crippen LogP contribution in [-0.4, -0.2) is 24.1 Å². The summed E-state index contributed by atoms with van der Waals surface area (Å²) in [7, 11) is 1.30. The van der Waals surface area contributed by atoms with Gasteiger partial charge >= 0.3 is 5.97 Å². The van der Waals surface area contributed by atoms with Gasteiger partial charge in [0.25, 0.3) is 0 Å². The molecule has 0 heterocycles. The maximum atomic E-state index is 13.3. The standard InChI is InChI=1S/C14H18FNO4/c1-14(2,3)11(13(18)19)12(17)16-8-5-6-9(15)10(7-8)20-4/h5-7,11H,1-4H3,(H,16,17)(H,18,19). The molecule has 0 aromatic heterocycles. The van der Waals surface area contributed by atoms with Crippen LogP contribution in [0.25, 0.3) is 0 Å². The summed E-state index contributed by atoms with van der Waals surface area (Å²) in [6.45, 7) is 4.99. The van der Waals surface area contributed by atoms with Crippen molar-refractivity contribution in [2.24, 2.45) is 11.3 Å². The molecule has 20 heavy (non-hydrogen) atoms. The molecule has 1 aromatic carbocycles. The molecule has 0 saturated heterocycles. The highest BCUT2D eigenvalue weighted by Crippen LogP contribution is 2.28. The second kappa shape index (κ2) is 5.90. The Hall–Kier alpha value is -2.11. The van der Waals surface area contributed by atoms with Crippen LogP contribution in [0, 0.1) is 17.2 Å². The van der Waals surface area contributed by atoms with E-state index in [1.807, 2.05) is 0 Å². The van der Waals surface area contributed by atoms with E-state index in [0.29, 0.717) is 0 Å². The summed E-state index contributed by atoms with van der Waals surface area (Å²) in [6.07, 6.45) is 0. The number of benzene rings is 1. The molecule has 110 valence electrons. The monoisotopic (exact) mass is 283 g/mol. The summed E-state index contributed by atoms with van der Waals surface area (Å²) in [5.74, 6) is -3.65. The lowest BCUT2D eigenvalue weighted by Crippen LogP contribution is -2.39. The average molecular weight is 283 g/mol. The highest BCUT2D eigenvalue weighted by molar-refractivity contribution is 6.04. The predicted molar refractivity (Wildman–Crippen MR) is 72.2 cm³/mol. The Morgan fingerprint density at radius 2 is 1.95 bits per heavy atom. The molecule has 1 unspecified atom stereocenters. The summed E-state index contributed by atoms with van der Waals surface area (Å²) >= 11 is 0. The van der Waals surface area contributed by atoms with Crippen LogP contribution in [-0.2, 0) is 9.59 Å². The molecule has 0 fully saturated rings. The smallest absolute Gasteiger partial charge is 0.316 e. The van der Waals surface area contributed by atoms with Crippen molar-refractivity contribution in [3.05, 3.63) is 24.0 Å². The molecule has 0 radical (unpaired) electrons. The van der Waals surface area contributed by atoms with Crippen molar-refractivity contribution in [3.8, 4) is 5.75 Å². The van der Waals surface area contributed by atoms with Crippen LogP contribution >= 0.6 is 0 Å². The van der Waals surface area contributed by atoms with Crippen LogP contribution in [0.2, 0.25) is 0 Å². The van der Waals surface area contributed by atoms with Crippen molar-refractivity contribution in [1.29, 1.82) is 0 Å². The third-order valence-corrected chi connectivity index (χ3v) is 2.79. The van der Waals surface area contributed by atoms with Crippen LogP contribution in [0.5, 0.6) is 5.75 Å². The maximum Gasteiger partial charge on any atom is 0.316 e. The van der Waals surface area contributed by atoms with Crippen molar-refractivity contribution in [3.63, 3.8) is 0 Å². The Balaban J connectivity index is 2.97. The fraction of sp³-hybridized carbons (Fsp3) is 0.429. The minimum atomic E-state index is -1.21. The van der Waals surface area contributed by atoms with Gasteiger partial charge in [0.05, 0.1) is 7.11 Å². The number of amides is 1. The van der Waals surface area contributed by atoms with Gasteiger partial charge in [-0.1, -0.05) is 20.8 Å². The number of anilines is 1. The zero-order valence-corrected chi connectivity index (χ0v) is 11.9. The number of carboxylic acid groups (broad SMARTS) is 1. The van der Waals surface area contributed by atoms with E-state index in [4.69, 9.17) is 9.84 Å². The number of ether oxygens (including phenoxy) is 1. The highest BCUT2D eigenvalue weighted by atomic mass is 19.1. The average Bonchev–Trinajstić information content (AvgIpc) is 2.29. The van der Waals surface area contributed by atoms with Gasteiger partial charge in [-0.3, -0.25) is 9.59 Å². The largest absolute Gasteiger partial charge is 0.494 e. The van der Waals surface area contributed by atoms with Crippen molar-refractivity contribution >= 4 is 17.6 Å². The molecular weight excluding hydrogens is 265 g/mol. The van der Waals surface area contributed by atoms with E-state index in [2.05, 4.69) is 5.32 Å². The van der Waals surface area contributed by atoms with Crippen molar-refractivity contribution in [2.45, 2.75) is 20.8 Å². The number of carbonyl (C=O) groups excluding carboxylic acids is 1. The fourth-order valence-electron chi connectivity index (χ4n) is 1.83. The zero-order chi connectivity index (χ0) is 15.5. The molecule has 0 bridgehead atoms. The summed E-state index contributed by atoms with van der Waals surface area (Å²) in [5, 5.41) is 11.6. The van der Waals surface area contributed by atoms with E-state index in [0.717, 1.165) is 6.07 Å². The van der Waals surface area contributed by atoms with E-state index in [1.165, 1.54) is 19.2 Å². The Morgan fingerprint density at radius 1 is 1.35 bits per heavy atom. The SMILES string of the molecule is COc1cc(NC(=O)C(C(=O)O)C(C)(C)C)ccc1F. The van der Waals surface area contributed by atoms with Gasteiger partial charge in [-0.2, -0.15) is 0 Å². The number of rotatable bonds is 4. The lowest BCUT2D eigenvalue weighted by Gasteiger charge is -2.25. The van der Waals surface area contributed by atoms with E-state index in [9.17, 15) is 14.0 Å². The van der Waals surface area contributed by atoms with Crippen LogP contribution in [0.4, 0.5) is 10.1 Å². The van der Waals surface area contributed by atoms with Gasteiger partial charge in [-0.05, 0) is 17.5 Å². The van der Waals surface area contributed by atoms with E-state index < -0.39 is 29.0 Å². The molecule has 6 heteroatoms. The minimum Gasteiger partial charge on any atom is -0.494 e. The summed E-state index contributed by atoms with van der Waals surface area (Å²) in [4.78, 5) is 23.3. The number of nitrogens with one attached hydrogen (secondary N) is 1. The van der Waals surface area contributed by atoms with Gasteiger partial charge in [0, 0.05) is 11.8 Å².